The van der Waals surface area contributed by atoms with E-state index in [1.165, 1.54) is 0 Å². The number of amides is 1. The predicted octanol–water partition coefficient (Wildman–Crippen LogP) is 2.89. The van der Waals surface area contributed by atoms with E-state index in [9.17, 15) is 4.79 Å². The van der Waals surface area contributed by atoms with E-state index < -0.39 is 0 Å². The first kappa shape index (κ1) is 12.9. The molecule has 0 spiro atoms. The minimum absolute atomic E-state index is 0.0218. The third-order valence-electron chi connectivity index (χ3n) is 3.64. The van der Waals surface area contributed by atoms with Crippen molar-refractivity contribution in [1.29, 1.82) is 0 Å². The van der Waals surface area contributed by atoms with Crippen molar-refractivity contribution in [2.24, 2.45) is 0 Å². The molecule has 0 saturated carbocycles. The molecule has 3 atom stereocenters. The van der Waals surface area contributed by atoms with Gasteiger partial charge in [-0.3, -0.25) is 4.79 Å². The van der Waals surface area contributed by atoms with Crippen molar-refractivity contribution in [2.75, 3.05) is 5.32 Å². The summed E-state index contributed by atoms with van der Waals surface area (Å²) in [6, 6.07) is 8.69. The Balaban J connectivity index is 2.20. The molecule has 1 aliphatic heterocycles. The molecule has 1 aliphatic rings. The minimum Gasteiger partial charge on any atom is -0.382 e. The fraction of sp³-hybridized carbons (Fsp3) is 0.533. The molecule has 3 nitrogen and oxygen atoms in total. The van der Waals surface area contributed by atoms with Crippen molar-refractivity contribution >= 4 is 11.6 Å². The first-order valence-corrected chi connectivity index (χ1v) is 6.77. The van der Waals surface area contributed by atoms with Gasteiger partial charge in [0.05, 0.1) is 5.92 Å². The van der Waals surface area contributed by atoms with Gasteiger partial charge in [-0.25, -0.2) is 0 Å². The molecule has 98 valence electrons. The van der Waals surface area contributed by atoms with Gasteiger partial charge < -0.3 is 10.6 Å². The molecule has 1 aromatic carbocycles. The molecule has 0 radical (unpaired) electrons. The zero-order valence-electron chi connectivity index (χ0n) is 11.4. The third kappa shape index (κ3) is 2.66. The van der Waals surface area contributed by atoms with Gasteiger partial charge in [0.2, 0.25) is 5.91 Å². The number of rotatable bonds is 3. The third-order valence-corrected chi connectivity index (χ3v) is 3.64. The highest BCUT2D eigenvalue weighted by atomic mass is 16.1. The fourth-order valence-corrected chi connectivity index (χ4v) is 2.43. The van der Waals surface area contributed by atoms with Crippen LogP contribution in [-0.4, -0.2) is 18.0 Å². The molecule has 18 heavy (non-hydrogen) atoms. The maximum absolute atomic E-state index is 12.3. The molecule has 1 heterocycles. The lowest BCUT2D eigenvalue weighted by Crippen LogP contribution is -2.39. The van der Waals surface area contributed by atoms with Crippen LogP contribution in [0, 0.1) is 0 Å². The number of hydrogen-bond donors (Lipinski definition) is 2. The molecule has 0 aromatic heterocycles. The van der Waals surface area contributed by atoms with Gasteiger partial charge in [-0.1, -0.05) is 25.1 Å². The summed E-state index contributed by atoms with van der Waals surface area (Å²) in [4.78, 5) is 12.3. The topological polar surface area (TPSA) is 41.1 Å². The van der Waals surface area contributed by atoms with Gasteiger partial charge in [0.25, 0.3) is 0 Å². The summed E-state index contributed by atoms with van der Waals surface area (Å²) in [6.45, 7) is 6.26. The summed E-state index contributed by atoms with van der Waals surface area (Å²) in [5.74, 6) is 0.136. The van der Waals surface area contributed by atoms with Crippen molar-refractivity contribution in [2.45, 2.75) is 51.6 Å². The average molecular weight is 246 g/mol. The number of nitrogens with one attached hydrogen (secondary N) is 2. The summed E-state index contributed by atoms with van der Waals surface area (Å²) in [5, 5.41) is 6.53. The van der Waals surface area contributed by atoms with Gasteiger partial charge in [-0.15, -0.1) is 0 Å². The zero-order valence-corrected chi connectivity index (χ0v) is 11.4. The summed E-state index contributed by atoms with van der Waals surface area (Å²) in [7, 11) is 0. The van der Waals surface area contributed by atoms with E-state index in [1.54, 1.807) is 0 Å². The molecular weight excluding hydrogens is 224 g/mol. The van der Waals surface area contributed by atoms with Crippen LogP contribution in [0.4, 0.5) is 5.69 Å². The Hall–Kier alpha value is -1.51. The molecule has 0 bridgehead atoms. The standard InChI is InChI=1S/C15H22N2O/c1-4-10(2)17-15(18)13-9-11(3)16-14-8-6-5-7-12(13)14/h5-8,10-11,13,16H,4,9H2,1-3H3,(H,17,18)/t10-,11+,13-/m0/s1. The van der Waals surface area contributed by atoms with E-state index in [2.05, 4.69) is 36.6 Å². The smallest absolute Gasteiger partial charge is 0.227 e. The lowest BCUT2D eigenvalue weighted by atomic mass is 9.86. The molecule has 3 heteroatoms. The number of anilines is 1. The number of benzene rings is 1. The summed E-state index contributed by atoms with van der Waals surface area (Å²) < 4.78 is 0. The molecule has 2 N–H and O–H groups in total. The van der Waals surface area contributed by atoms with E-state index in [0.29, 0.717) is 6.04 Å². The molecule has 0 aliphatic carbocycles. The number of carbonyl (C=O) groups is 1. The summed E-state index contributed by atoms with van der Waals surface area (Å²) >= 11 is 0. The predicted molar refractivity (Wildman–Crippen MR) is 74.8 cm³/mol. The molecule has 0 unspecified atom stereocenters. The SMILES string of the molecule is CC[C@H](C)NC(=O)[C@H]1C[C@@H](C)Nc2ccccc21. The van der Waals surface area contributed by atoms with Crippen LogP contribution in [0.15, 0.2) is 24.3 Å². The quantitative estimate of drug-likeness (QED) is 0.861. The van der Waals surface area contributed by atoms with Crippen molar-refractivity contribution < 1.29 is 4.79 Å². The molecule has 2 rings (SSSR count). The fourth-order valence-electron chi connectivity index (χ4n) is 2.43. The van der Waals surface area contributed by atoms with Crippen LogP contribution in [-0.2, 0) is 4.79 Å². The lowest BCUT2D eigenvalue weighted by Gasteiger charge is -2.31. The van der Waals surface area contributed by atoms with Gasteiger partial charge in [-0.2, -0.15) is 0 Å². The number of carbonyl (C=O) groups excluding carboxylic acids is 1. The highest BCUT2D eigenvalue weighted by Crippen LogP contribution is 2.34. The van der Waals surface area contributed by atoms with E-state index >= 15 is 0 Å². The highest BCUT2D eigenvalue weighted by molar-refractivity contribution is 5.86. The monoisotopic (exact) mass is 246 g/mol. The Morgan fingerprint density at radius 2 is 2.22 bits per heavy atom. The van der Waals surface area contributed by atoms with Crippen molar-refractivity contribution in [1.82, 2.24) is 5.32 Å². The van der Waals surface area contributed by atoms with Crippen LogP contribution in [0.2, 0.25) is 0 Å². The number of hydrogen-bond acceptors (Lipinski definition) is 2. The first-order valence-electron chi connectivity index (χ1n) is 6.77. The molecule has 1 aromatic rings. The van der Waals surface area contributed by atoms with Gasteiger partial charge in [0.1, 0.15) is 0 Å². The Morgan fingerprint density at radius 1 is 1.50 bits per heavy atom. The van der Waals surface area contributed by atoms with Crippen LogP contribution in [0.25, 0.3) is 0 Å². The van der Waals surface area contributed by atoms with Crippen LogP contribution in [0.1, 0.15) is 45.1 Å². The maximum atomic E-state index is 12.3. The van der Waals surface area contributed by atoms with Crippen molar-refractivity contribution in [3.05, 3.63) is 29.8 Å². The Morgan fingerprint density at radius 3 is 2.94 bits per heavy atom. The van der Waals surface area contributed by atoms with E-state index in [4.69, 9.17) is 0 Å². The van der Waals surface area contributed by atoms with Crippen molar-refractivity contribution in [3.8, 4) is 0 Å². The second-order valence-corrected chi connectivity index (χ2v) is 5.24. The van der Waals surface area contributed by atoms with Crippen LogP contribution in [0.3, 0.4) is 0 Å². The largest absolute Gasteiger partial charge is 0.382 e. The highest BCUT2D eigenvalue weighted by Gasteiger charge is 2.29. The minimum atomic E-state index is -0.0218. The Kier molecular flexibility index (Phi) is 3.90. The molecule has 0 saturated heterocycles. The zero-order chi connectivity index (χ0) is 13.1. The number of fused-ring (bicyclic) bond motifs is 1. The maximum Gasteiger partial charge on any atom is 0.227 e. The molecule has 1 amide bonds. The summed E-state index contributed by atoms with van der Waals surface area (Å²) in [6.07, 6.45) is 1.83. The van der Waals surface area contributed by atoms with Gasteiger partial charge >= 0.3 is 0 Å². The van der Waals surface area contributed by atoms with E-state index in [-0.39, 0.29) is 17.9 Å². The first-order chi connectivity index (χ1) is 8.61. The average Bonchev–Trinajstić information content (AvgIpc) is 2.37. The van der Waals surface area contributed by atoms with Gasteiger partial charge in [-0.05, 0) is 38.3 Å². The second-order valence-electron chi connectivity index (χ2n) is 5.24. The second kappa shape index (κ2) is 5.42. The van der Waals surface area contributed by atoms with Crippen molar-refractivity contribution in [3.63, 3.8) is 0 Å². The molecule has 0 fully saturated rings. The number of para-hydroxylation sites is 1. The van der Waals surface area contributed by atoms with E-state index in [0.717, 1.165) is 24.1 Å². The lowest BCUT2D eigenvalue weighted by molar-refractivity contribution is -0.123. The van der Waals surface area contributed by atoms with Crippen LogP contribution >= 0.6 is 0 Å². The molecular formula is C15H22N2O. The Labute approximate surface area is 109 Å². The van der Waals surface area contributed by atoms with Crippen LogP contribution < -0.4 is 10.6 Å². The summed E-state index contributed by atoms with van der Waals surface area (Å²) in [5.41, 5.74) is 2.22. The van der Waals surface area contributed by atoms with Crippen LogP contribution in [0.5, 0.6) is 0 Å². The van der Waals surface area contributed by atoms with Gasteiger partial charge in [0, 0.05) is 17.8 Å². The normalized spacial score (nSPS) is 23.7. The van der Waals surface area contributed by atoms with Gasteiger partial charge in [0.15, 0.2) is 0 Å². The van der Waals surface area contributed by atoms with E-state index in [1.807, 2.05) is 19.1 Å². The Bertz CT molecular complexity index is 430.